The van der Waals surface area contributed by atoms with Crippen LogP contribution in [0.2, 0.25) is 0 Å². The molecular formula is C24H23NO4. The van der Waals surface area contributed by atoms with E-state index in [1.54, 1.807) is 36.3 Å². The van der Waals surface area contributed by atoms with Crippen molar-refractivity contribution in [3.05, 3.63) is 95.6 Å². The van der Waals surface area contributed by atoms with Crippen LogP contribution in [-0.2, 0) is 22.5 Å². The second-order valence-electron chi connectivity index (χ2n) is 6.50. The highest BCUT2D eigenvalue weighted by atomic mass is 16.5. The van der Waals surface area contributed by atoms with E-state index in [0.717, 1.165) is 16.9 Å². The average molecular weight is 389 g/mol. The number of nitrogens with zero attached hydrogens (tertiary/aromatic N) is 1. The molecule has 5 heteroatoms. The highest BCUT2D eigenvalue weighted by Crippen LogP contribution is 2.25. The Kier molecular flexibility index (Phi) is 6.63. The van der Waals surface area contributed by atoms with Gasteiger partial charge in [0.15, 0.2) is 0 Å². The van der Waals surface area contributed by atoms with Gasteiger partial charge in [0.1, 0.15) is 5.75 Å². The molecule has 0 aliphatic rings. The summed E-state index contributed by atoms with van der Waals surface area (Å²) in [6.07, 6.45) is 0.229. The molecule has 0 spiro atoms. The van der Waals surface area contributed by atoms with E-state index in [1.165, 1.54) is 7.11 Å². The van der Waals surface area contributed by atoms with E-state index in [0.29, 0.717) is 17.8 Å². The molecule has 5 nitrogen and oxygen atoms in total. The first-order valence-corrected chi connectivity index (χ1v) is 9.27. The maximum atomic E-state index is 13.3. The number of benzene rings is 3. The predicted octanol–water partition coefficient (Wildman–Crippen LogP) is 4.26. The van der Waals surface area contributed by atoms with Crippen LogP contribution in [0, 0.1) is 0 Å². The zero-order valence-electron chi connectivity index (χ0n) is 16.5. The molecule has 29 heavy (non-hydrogen) atoms. The molecule has 0 saturated heterocycles. The number of amides is 1. The van der Waals surface area contributed by atoms with Crippen LogP contribution in [-0.4, -0.2) is 26.1 Å². The van der Waals surface area contributed by atoms with Crippen molar-refractivity contribution in [3.8, 4) is 5.75 Å². The summed E-state index contributed by atoms with van der Waals surface area (Å²) in [5.74, 6) is 0.155. The quantitative estimate of drug-likeness (QED) is 0.567. The monoisotopic (exact) mass is 389 g/mol. The van der Waals surface area contributed by atoms with Gasteiger partial charge >= 0.3 is 5.97 Å². The Morgan fingerprint density at radius 2 is 1.45 bits per heavy atom. The van der Waals surface area contributed by atoms with Crippen LogP contribution in [0.5, 0.6) is 5.75 Å². The van der Waals surface area contributed by atoms with Crippen molar-refractivity contribution in [2.45, 2.75) is 13.0 Å². The number of rotatable bonds is 7. The molecule has 0 aromatic heterocycles. The molecule has 3 aromatic rings. The lowest BCUT2D eigenvalue weighted by atomic mass is 10.1. The van der Waals surface area contributed by atoms with Gasteiger partial charge in [0, 0.05) is 0 Å². The van der Waals surface area contributed by atoms with E-state index in [4.69, 9.17) is 9.47 Å². The van der Waals surface area contributed by atoms with E-state index in [1.807, 2.05) is 54.6 Å². The van der Waals surface area contributed by atoms with E-state index in [9.17, 15) is 9.59 Å². The number of carbonyl (C=O) groups is 2. The van der Waals surface area contributed by atoms with Gasteiger partial charge in [-0.05, 0) is 35.4 Å². The standard InChI is InChI=1S/C24H23NO4/c1-28-20-14-12-19(13-15-20)17-25(23(26)16-18-8-4-3-5-9-18)22-11-7-6-10-21(22)24(27)29-2/h3-15H,16-17H2,1-2H3. The number of esters is 1. The number of hydrogen-bond donors (Lipinski definition) is 0. The third-order valence-corrected chi connectivity index (χ3v) is 4.60. The third kappa shape index (κ3) is 5.02. The largest absolute Gasteiger partial charge is 0.497 e. The molecule has 0 unspecified atom stereocenters. The fourth-order valence-electron chi connectivity index (χ4n) is 3.08. The Labute approximate surface area is 170 Å². The summed E-state index contributed by atoms with van der Waals surface area (Å²) in [5, 5.41) is 0. The van der Waals surface area contributed by atoms with Gasteiger partial charge in [0.2, 0.25) is 5.91 Å². The maximum Gasteiger partial charge on any atom is 0.339 e. The second kappa shape index (κ2) is 9.55. The summed E-state index contributed by atoms with van der Waals surface area (Å²) in [4.78, 5) is 27.2. The number of para-hydroxylation sites is 1. The van der Waals surface area contributed by atoms with Crippen LogP contribution in [0.3, 0.4) is 0 Å². The van der Waals surface area contributed by atoms with Crippen LogP contribution < -0.4 is 9.64 Å². The van der Waals surface area contributed by atoms with Crippen molar-refractivity contribution >= 4 is 17.6 Å². The summed E-state index contributed by atoms with van der Waals surface area (Å²) in [7, 11) is 2.94. The SMILES string of the molecule is COC(=O)c1ccccc1N(Cc1ccc(OC)cc1)C(=O)Cc1ccccc1. The summed E-state index contributed by atoms with van der Waals surface area (Å²) < 4.78 is 10.1. The number of methoxy groups -OCH3 is 2. The lowest BCUT2D eigenvalue weighted by molar-refractivity contribution is -0.118. The molecule has 0 saturated carbocycles. The molecular weight excluding hydrogens is 366 g/mol. The topological polar surface area (TPSA) is 55.8 Å². The summed E-state index contributed by atoms with van der Waals surface area (Å²) in [6, 6.07) is 24.0. The van der Waals surface area contributed by atoms with E-state index in [-0.39, 0.29) is 12.3 Å². The highest BCUT2D eigenvalue weighted by Gasteiger charge is 2.22. The lowest BCUT2D eigenvalue weighted by Crippen LogP contribution is -2.33. The Morgan fingerprint density at radius 3 is 2.10 bits per heavy atom. The number of carbonyl (C=O) groups excluding carboxylic acids is 2. The van der Waals surface area contributed by atoms with Gasteiger partial charge in [-0.2, -0.15) is 0 Å². The molecule has 1 amide bonds. The molecule has 0 aliphatic heterocycles. The van der Waals surface area contributed by atoms with Crippen LogP contribution in [0.15, 0.2) is 78.9 Å². The van der Waals surface area contributed by atoms with Crippen LogP contribution in [0.4, 0.5) is 5.69 Å². The summed E-state index contributed by atoms with van der Waals surface area (Å²) >= 11 is 0. The molecule has 0 heterocycles. The Hall–Kier alpha value is -3.60. The normalized spacial score (nSPS) is 10.3. The van der Waals surface area contributed by atoms with Crippen LogP contribution in [0.1, 0.15) is 21.5 Å². The van der Waals surface area contributed by atoms with Gasteiger partial charge in [-0.25, -0.2) is 4.79 Å². The molecule has 0 bridgehead atoms. The average Bonchev–Trinajstić information content (AvgIpc) is 2.78. The fourth-order valence-corrected chi connectivity index (χ4v) is 3.08. The fraction of sp³-hybridized carbons (Fsp3) is 0.167. The first-order valence-electron chi connectivity index (χ1n) is 9.27. The molecule has 0 radical (unpaired) electrons. The molecule has 3 aromatic carbocycles. The minimum Gasteiger partial charge on any atom is -0.497 e. The van der Waals surface area contributed by atoms with Gasteiger partial charge in [-0.3, -0.25) is 4.79 Å². The number of ether oxygens (including phenoxy) is 2. The Balaban J connectivity index is 1.97. The molecule has 3 rings (SSSR count). The molecule has 0 atom stereocenters. The summed E-state index contributed by atoms with van der Waals surface area (Å²) in [6.45, 7) is 0.323. The number of hydrogen-bond acceptors (Lipinski definition) is 4. The van der Waals surface area contributed by atoms with Crippen molar-refractivity contribution in [1.29, 1.82) is 0 Å². The summed E-state index contributed by atoms with van der Waals surface area (Å²) in [5.41, 5.74) is 2.71. The highest BCUT2D eigenvalue weighted by molar-refractivity contribution is 6.03. The second-order valence-corrected chi connectivity index (χ2v) is 6.50. The Bertz CT molecular complexity index is 968. The molecule has 148 valence electrons. The molecule has 0 fully saturated rings. The van der Waals surface area contributed by atoms with Gasteiger partial charge in [-0.1, -0.05) is 54.6 Å². The Morgan fingerprint density at radius 1 is 0.793 bits per heavy atom. The minimum absolute atomic E-state index is 0.108. The minimum atomic E-state index is -0.479. The van der Waals surface area contributed by atoms with Crippen LogP contribution in [0.25, 0.3) is 0 Å². The number of anilines is 1. The van der Waals surface area contributed by atoms with Crippen molar-refractivity contribution in [2.75, 3.05) is 19.1 Å². The van der Waals surface area contributed by atoms with Crippen molar-refractivity contribution < 1.29 is 19.1 Å². The van der Waals surface area contributed by atoms with E-state index in [2.05, 4.69) is 0 Å². The lowest BCUT2D eigenvalue weighted by Gasteiger charge is -2.25. The van der Waals surface area contributed by atoms with Gasteiger partial charge < -0.3 is 14.4 Å². The van der Waals surface area contributed by atoms with E-state index >= 15 is 0 Å². The smallest absolute Gasteiger partial charge is 0.339 e. The van der Waals surface area contributed by atoms with Gasteiger partial charge in [-0.15, -0.1) is 0 Å². The van der Waals surface area contributed by atoms with Gasteiger partial charge in [0.25, 0.3) is 0 Å². The molecule has 0 N–H and O–H groups in total. The van der Waals surface area contributed by atoms with Gasteiger partial charge in [0.05, 0.1) is 38.4 Å². The van der Waals surface area contributed by atoms with E-state index < -0.39 is 5.97 Å². The third-order valence-electron chi connectivity index (χ3n) is 4.60. The predicted molar refractivity (Wildman–Crippen MR) is 112 cm³/mol. The maximum absolute atomic E-state index is 13.3. The van der Waals surface area contributed by atoms with Crippen molar-refractivity contribution in [1.82, 2.24) is 0 Å². The first kappa shape index (κ1) is 20.1. The van der Waals surface area contributed by atoms with Crippen molar-refractivity contribution in [3.63, 3.8) is 0 Å². The zero-order valence-corrected chi connectivity index (χ0v) is 16.5. The van der Waals surface area contributed by atoms with Crippen LogP contribution >= 0.6 is 0 Å². The molecule has 0 aliphatic carbocycles. The van der Waals surface area contributed by atoms with Crippen molar-refractivity contribution in [2.24, 2.45) is 0 Å². The zero-order chi connectivity index (χ0) is 20.6. The first-order chi connectivity index (χ1) is 14.1.